The summed E-state index contributed by atoms with van der Waals surface area (Å²) >= 11 is 3.47. The molecule has 0 saturated heterocycles. The van der Waals surface area contributed by atoms with Crippen molar-refractivity contribution in [3.05, 3.63) is 46.3 Å². The quantitative estimate of drug-likeness (QED) is 0.786. The molecule has 2 aromatic rings. The topological polar surface area (TPSA) is 25.8 Å². The van der Waals surface area contributed by atoms with Gasteiger partial charge >= 0.3 is 0 Å². The third-order valence-electron chi connectivity index (χ3n) is 2.25. The minimum Gasteiger partial charge on any atom is -0.242 e. The van der Waals surface area contributed by atoms with E-state index in [1.807, 2.05) is 19.1 Å². The number of nitrogens with zero attached hydrogens (tertiary/aromatic N) is 2. The van der Waals surface area contributed by atoms with Crippen molar-refractivity contribution >= 4 is 15.9 Å². The molecule has 3 heteroatoms. The van der Waals surface area contributed by atoms with Crippen LogP contribution in [0.25, 0.3) is 11.3 Å². The van der Waals surface area contributed by atoms with E-state index < -0.39 is 0 Å². The van der Waals surface area contributed by atoms with E-state index in [2.05, 4.69) is 45.0 Å². The van der Waals surface area contributed by atoms with E-state index in [1.54, 1.807) is 6.20 Å². The molecule has 0 saturated carbocycles. The molecule has 0 radical (unpaired) electrons. The average Bonchev–Trinajstić information content (AvgIpc) is 2.22. The summed E-state index contributed by atoms with van der Waals surface area (Å²) in [5.74, 6) is 0.798. The van der Waals surface area contributed by atoms with E-state index in [0.717, 1.165) is 21.6 Å². The molecule has 0 spiro atoms. The molecule has 0 bridgehead atoms. The van der Waals surface area contributed by atoms with Crippen molar-refractivity contribution in [1.29, 1.82) is 0 Å². The summed E-state index contributed by atoms with van der Waals surface area (Å²) in [5.41, 5.74) is 3.34. The van der Waals surface area contributed by atoms with Crippen LogP contribution < -0.4 is 0 Å². The van der Waals surface area contributed by atoms with E-state index in [-0.39, 0.29) is 0 Å². The van der Waals surface area contributed by atoms with Crippen LogP contribution in [-0.2, 0) is 0 Å². The average molecular weight is 263 g/mol. The first-order valence-corrected chi connectivity index (χ1v) is 5.52. The van der Waals surface area contributed by atoms with E-state index in [0.29, 0.717) is 0 Å². The van der Waals surface area contributed by atoms with Crippen LogP contribution in [0.1, 0.15) is 11.4 Å². The fourth-order valence-corrected chi connectivity index (χ4v) is 1.84. The molecule has 0 fully saturated rings. The van der Waals surface area contributed by atoms with Gasteiger partial charge in [0.25, 0.3) is 0 Å². The maximum atomic E-state index is 4.41. The Kier molecular flexibility index (Phi) is 2.82. The zero-order chi connectivity index (χ0) is 10.8. The van der Waals surface area contributed by atoms with Crippen molar-refractivity contribution in [3.63, 3.8) is 0 Å². The van der Waals surface area contributed by atoms with Crippen LogP contribution in [0.4, 0.5) is 0 Å². The van der Waals surface area contributed by atoms with Gasteiger partial charge in [-0.05, 0) is 37.6 Å². The van der Waals surface area contributed by atoms with Crippen molar-refractivity contribution in [2.24, 2.45) is 0 Å². The molecular weight excluding hydrogens is 252 g/mol. The van der Waals surface area contributed by atoms with Crippen LogP contribution in [0.5, 0.6) is 0 Å². The summed E-state index contributed by atoms with van der Waals surface area (Å²) < 4.78 is 1.07. The molecule has 1 aromatic heterocycles. The number of halogens is 1. The minimum absolute atomic E-state index is 0.798. The van der Waals surface area contributed by atoms with Crippen molar-refractivity contribution in [2.45, 2.75) is 13.8 Å². The Morgan fingerprint density at radius 3 is 2.67 bits per heavy atom. The van der Waals surface area contributed by atoms with Gasteiger partial charge in [-0.2, -0.15) is 0 Å². The van der Waals surface area contributed by atoms with Crippen LogP contribution in [-0.4, -0.2) is 9.97 Å². The maximum absolute atomic E-state index is 4.41. The zero-order valence-electron chi connectivity index (χ0n) is 8.66. The highest BCUT2D eigenvalue weighted by molar-refractivity contribution is 9.10. The molecule has 1 aromatic carbocycles. The Labute approximate surface area is 97.5 Å². The second-order valence-corrected chi connectivity index (χ2v) is 4.36. The summed E-state index contributed by atoms with van der Waals surface area (Å²) in [5, 5.41) is 0. The molecule has 0 aliphatic rings. The second kappa shape index (κ2) is 4.11. The number of hydrogen-bond acceptors (Lipinski definition) is 2. The molecule has 2 nitrogen and oxygen atoms in total. The Morgan fingerprint density at radius 2 is 1.93 bits per heavy atom. The molecule has 0 N–H and O–H groups in total. The highest BCUT2D eigenvalue weighted by Gasteiger charge is 2.04. The molecule has 76 valence electrons. The van der Waals surface area contributed by atoms with Crippen molar-refractivity contribution < 1.29 is 0 Å². The van der Waals surface area contributed by atoms with Gasteiger partial charge in [-0.25, -0.2) is 9.97 Å². The van der Waals surface area contributed by atoms with Gasteiger partial charge in [0.2, 0.25) is 0 Å². The summed E-state index contributed by atoms with van der Waals surface area (Å²) in [4.78, 5) is 8.51. The molecule has 0 aliphatic heterocycles. The molecule has 0 aliphatic carbocycles. The van der Waals surface area contributed by atoms with E-state index >= 15 is 0 Å². The molecule has 2 rings (SSSR count). The summed E-state index contributed by atoms with van der Waals surface area (Å²) in [6.07, 6.45) is 1.79. The zero-order valence-corrected chi connectivity index (χ0v) is 10.2. The third-order valence-corrected chi connectivity index (χ3v) is 2.74. The Morgan fingerprint density at radius 1 is 1.13 bits per heavy atom. The Bertz CT molecular complexity index is 495. The summed E-state index contributed by atoms with van der Waals surface area (Å²) in [6, 6.07) is 8.13. The first-order chi connectivity index (χ1) is 7.16. The maximum Gasteiger partial charge on any atom is 0.125 e. The smallest absolute Gasteiger partial charge is 0.125 e. The predicted octanol–water partition coefficient (Wildman–Crippen LogP) is 3.52. The number of aromatic nitrogens is 2. The highest BCUT2D eigenvalue weighted by atomic mass is 79.9. The molecular formula is C12H11BrN2. The molecule has 1 heterocycles. The van der Waals surface area contributed by atoms with Gasteiger partial charge in [0, 0.05) is 16.2 Å². The van der Waals surface area contributed by atoms with Gasteiger partial charge in [-0.3, -0.25) is 0 Å². The predicted molar refractivity (Wildman–Crippen MR) is 64.6 cm³/mol. The SMILES string of the molecule is Cc1nccc(-c2cc(Br)ccc2C)n1. The van der Waals surface area contributed by atoms with Crippen LogP contribution >= 0.6 is 15.9 Å². The fourth-order valence-electron chi connectivity index (χ4n) is 1.48. The highest BCUT2D eigenvalue weighted by Crippen LogP contribution is 2.24. The number of hydrogen-bond donors (Lipinski definition) is 0. The lowest BCUT2D eigenvalue weighted by atomic mass is 10.1. The van der Waals surface area contributed by atoms with Crippen LogP contribution in [0, 0.1) is 13.8 Å². The van der Waals surface area contributed by atoms with Crippen LogP contribution in [0.2, 0.25) is 0 Å². The Balaban J connectivity index is 2.58. The second-order valence-electron chi connectivity index (χ2n) is 3.45. The number of aryl methyl sites for hydroxylation is 2. The van der Waals surface area contributed by atoms with Gasteiger partial charge in [0.05, 0.1) is 5.69 Å². The van der Waals surface area contributed by atoms with Crippen molar-refractivity contribution in [1.82, 2.24) is 9.97 Å². The lowest BCUT2D eigenvalue weighted by molar-refractivity contribution is 1.06. The first kappa shape index (κ1) is 10.3. The standard InChI is InChI=1S/C12H11BrN2/c1-8-3-4-10(13)7-11(8)12-5-6-14-9(2)15-12/h3-7H,1-2H3. The third kappa shape index (κ3) is 2.23. The molecule has 15 heavy (non-hydrogen) atoms. The lowest BCUT2D eigenvalue weighted by Crippen LogP contribution is -1.91. The first-order valence-electron chi connectivity index (χ1n) is 4.73. The largest absolute Gasteiger partial charge is 0.242 e. The minimum atomic E-state index is 0.798. The number of rotatable bonds is 1. The monoisotopic (exact) mass is 262 g/mol. The van der Waals surface area contributed by atoms with Crippen molar-refractivity contribution in [3.8, 4) is 11.3 Å². The van der Waals surface area contributed by atoms with Gasteiger partial charge in [0.1, 0.15) is 5.82 Å². The summed E-state index contributed by atoms with van der Waals surface area (Å²) in [6.45, 7) is 3.98. The molecule has 0 amide bonds. The lowest BCUT2D eigenvalue weighted by Gasteiger charge is -2.05. The van der Waals surface area contributed by atoms with E-state index in [4.69, 9.17) is 0 Å². The van der Waals surface area contributed by atoms with Gasteiger partial charge in [0.15, 0.2) is 0 Å². The Hall–Kier alpha value is -1.22. The van der Waals surface area contributed by atoms with Gasteiger partial charge in [-0.15, -0.1) is 0 Å². The van der Waals surface area contributed by atoms with Crippen LogP contribution in [0.15, 0.2) is 34.9 Å². The number of benzene rings is 1. The van der Waals surface area contributed by atoms with E-state index in [1.165, 1.54) is 5.56 Å². The molecule has 0 unspecified atom stereocenters. The van der Waals surface area contributed by atoms with Gasteiger partial charge in [-0.1, -0.05) is 22.0 Å². The fraction of sp³-hybridized carbons (Fsp3) is 0.167. The van der Waals surface area contributed by atoms with Gasteiger partial charge < -0.3 is 0 Å². The van der Waals surface area contributed by atoms with E-state index in [9.17, 15) is 0 Å². The molecule has 0 atom stereocenters. The summed E-state index contributed by atoms with van der Waals surface area (Å²) in [7, 11) is 0. The van der Waals surface area contributed by atoms with Crippen LogP contribution in [0.3, 0.4) is 0 Å². The normalized spacial score (nSPS) is 10.3. The van der Waals surface area contributed by atoms with Crippen molar-refractivity contribution in [2.75, 3.05) is 0 Å².